The SMILES string of the molecule is COc1cccc(NC(=O)N2CCC(C(=O)NCc3nc(C)no3)CC2)c1. The van der Waals surface area contributed by atoms with Gasteiger partial charge in [0.15, 0.2) is 5.82 Å². The van der Waals surface area contributed by atoms with E-state index in [4.69, 9.17) is 9.26 Å². The number of carbonyl (C=O) groups is 2. The summed E-state index contributed by atoms with van der Waals surface area (Å²) in [6, 6.07) is 7.02. The number of hydrogen-bond donors (Lipinski definition) is 2. The molecule has 0 spiro atoms. The van der Waals surface area contributed by atoms with Crippen LogP contribution in [-0.4, -0.2) is 47.2 Å². The van der Waals surface area contributed by atoms with Crippen molar-refractivity contribution in [2.24, 2.45) is 5.92 Å². The Hall–Kier alpha value is -3.10. The number of amides is 3. The van der Waals surface area contributed by atoms with Crippen molar-refractivity contribution in [3.63, 3.8) is 0 Å². The molecule has 1 aliphatic rings. The maximum absolute atomic E-state index is 12.4. The topological polar surface area (TPSA) is 110 Å². The number of anilines is 1. The molecule has 0 saturated carbocycles. The van der Waals surface area contributed by atoms with Gasteiger partial charge in [0.25, 0.3) is 0 Å². The summed E-state index contributed by atoms with van der Waals surface area (Å²) in [5.74, 6) is 1.42. The number of aryl methyl sites for hydroxylation is 1. The Balaban J connectivity index is 1.44. The minimum Gasteiger partial charge on any atom is -0.497 e. The third-order valence-corrected chi connectivity index (χ3v) is 4.46. The molecule has 1 saturated heterocycles. The van der Waals surface area contributed by atoms with Crippen LogP contribution in [0.2, 0.25) is 0 Å². The van der Waals surface area contributed by atoms with Crippen molar-refractivity contribution in [2.75, 3.05) is 25.5 Å². The first-order valence-corrected chi connectivity index (χ1v) is 8.82. The summed E-state index contributed by atoms with van der Waals surface area (Å²) in [6.45, 7) is 2.98. The molecule has 1 aliphatic heterocycles. The zero-order chi connectivity index (χ0) is 19.2. The number of urea groups is 1. The number of nitrogens with one attached hydrogen (secondary N) is 2. The number of benzene rings is 1. The second-order valence-corrected chi connectivity index (χ2v) is 6.38. The Morgan fingerprint density at radius 1 is 1.33 bits per heavy atom. The monoisotopic (exact) mass is 373 g/mol. The van der Waals surface area contributed by atoms with E-state index in [1.165, 1.54) is 0 Å². The lowest BCUT2D eigenvalue weighted by atomic mass is 9.96. The molecule has 9 nitrogen and oxygen atoms in total. The van der Waals surface area contributed by atoms with Crippen LogP contribution in [0.3, 0.4) is 0 Å². The van der Waals surface area contributed by atoms with Crippen molar-refractivity contribution in [2.45, 2.75) is 26.3 Å². The standard InChI is InChI=1S/C18H23N5O4/c1-12-20-16(27-22-12)11-19-17(24)13-6-8-23(9-7-13)18(25)21-14-4-3-5-15(10-14)26-2/h3-5,10,13H,6-9,11H2,1-2H3,(H,19,24)(H,21,25). The van der Waals surface area contributed by atoms with Crippen LogP contribution < -0.4 is 15.4 Å². The minimum absolute atomic E-state index is 0.0568. The normalized spacial score (nSPS) is 14.7. The quantitative estimate of drug-likeness (QED) is 0.829. The van der Waals surface area contributed by atoms with Crippen molar-refractivity contribution >= 4 is 17.6 Å². The molecule has 2 N–H and O–H groups in total. The highest BCUT2D eigenvalue weighted by Crippen LogP contribution is 2.20. The molecule has 0 unspecified atom stereocenters. The lowest BCUT2D eigenvalue weighted by Gasteiger charge is -2.31. The molecule has 144 valence electrons. The van der Waals surface area contributed by atoms with Gasteiger partial charge in [-0.2, -0.15) is 4.98 Å². The summed E-state index contributed by atoms with van der Waals surface area (Å²) in [6.07, 6.45) is 1.22. The summed E-state index contributed by atoms with van der Waals surface area (Å²) >= 11 is 0. The molecule has 3 amide bonds. The van der Waals surface area contributed by atoms with Crippen LogP contribution in [0.15, 0.2) is 28.8 Å². The van der Waals surface area contributed by atoms with Crippen LogP contribution in [0.4, 0.5) is 10.5 Å². The van der Waals surface area contributed by atoms with E-state index in [1.807, 2.05) is 12.1 Å². The average molecular weight is 373 g/mol. The minimum atomic E-state index is -0.177. The third kappa shape index (κ3) is 4.96. The van der Waals surface area contributed by atoms with Gasteiger partial charge in [-0.05, 0) is 31.9 Å². The number of ether oxygens (including phenoxy) is 1. The van der Waals surface area contributed by atoms with Crippen molar-refractivity contribution in [3.8, 4) is 5.75 Å². The van der Waals surface area contributed by atoms with E-state index in [-0.39, 0.29) is 24.4 Å². The Morgan fingerprint density at radius 3 is 2.78 bits per heavy atom. The van der Waals surface area contributed by atoms with Gasteiger partial charge in [-0.15, -0.1) is 0 Å². The van der Waals surface area contributed by atoms with E-state index in [2.05, 4.69) is 20.8 Å². The van der Waals surface area contributed by atoms with Crippen LogP contribution in [0.1, 0.15) is 24.6 Å². The fraction of sp³-hybridized carbons (Fsp3) is 0.444. The lowest BCUT2D eigenvalue weighted by molar-refractivity contribution is -0.126. The van der Waals surface area contributed by atoms with Gasteiger partial charge in [0.05, 0.1) is 13.7 Å². The van der Waals surface area contributed by atoms with Crippen molar-refractivity contribution in [3.05, 3.63) is 36.0 Å². The first kappa shape index (κ1) is 18.7. The van der Waals surface area contributed by atoms with Crippen LogP contribution in [0.5, 0.6) is 5.75 Å². The number of aromatic nitrogens is 2. The summed E-state index contributed by atoms with van der Waals surface area (Å²) in [4.78, 5) is 30.5. The first-order valence-electron chi connectivity index (χ1n) is 8.82. The van der Waals surface area contributed by atoms with E-state index in [9.17, 15) is 9.59 Å². The Morgan fingerprint density at radius 2 is 2.11 bits per heavy atom. The van der Waals surface area contributed by atoms with Gasteiger partial charge >= 0.3 is 6.03 Å². The fourth-order valence-corrected chi connectivity index (χ4v) is 2.97. The largest absolute Gasteiger partial charge is 0.497 e. The molecule has 2 aromatic rings. The van der Waals surface area contributed by atoms with Crippen LogP contribution in [0.25, 0.3) is 0 Å². The molecule has 27 heavy (non-hydrogen) atoms. The van der Waals surface area contributed by atoms with Gasteiger partial charge in [-0.25, -0.2) is 4.79 Å². The van der Waals surface area contributed by atoms with E-state index in [0.717, 1.165) is 0 Å². The summed E-state index contributed by atoms with van der Waals surface area (Å²) < 4.78 is 10.1. The molecular weight excluding hydrogens is 350 g/mol. The molecule has 1 aromatic carbocycles. The number of likely N-dealkylation sites (tertiary alicyclic amines) is 1. The third-order valence-electron chi connectivity index (χ3n) is 4.46. The maximum atomic E-state index is 12.4. The zero-order valence-electron chi connectivity index (χ0n) is 15.4. The number of rotatable bonds is 5. The molecule has 0 bridgehead atoms. The Labute approximate surface area is 157 Å². The molecule has 9 heteroatoms. The van der Waals surface area contributed by atoms with E-state index in [0.29, 0.717) is 49.1 Å². The zero-order valence-corrected chi connectivity index (χ0v) is 15.4. The summed E-state index contributed by atoms with van der Waals surface area (Å²) in [5, 5.41) is 9.35. The average Bonchev–Trinajstić information content (AvgIpc) is 3.11. The van der Waals surface area contributed by atoms with E-state index < -0.39 is 0 Å². The fourth-order valence-electron chi connectivity index (χ4n) is 2.97. The van der Waals surface area contributed by atoms with Gasteiger partial charge in [0, 0.05) is 30.8 Å². The second kappa shape index (κ2) is 8.52. The van der Waals surface area contributed by atoms with Crippen molar-refractivity contribution in [1.29, 1.82) is 0 Å². The molecule has 1 fully saturated rings. The predicted octanol–water partition coefficient (Wildman–Crippen LogP) is 1.95. The van der Waals surface area contributed by atoms with Crippen LogP contribution in [-0.2, 0) is 11.3 Å². The summed E-state index contributed by atoms with van der Waals surface area (Å²) in [5.41, 5.74) is 0.675. The number of methoxy groups -OCH3 is 1. The van der Waals surface area contributed by atoms with E-state index >= 15 is 0 Å². The Bertz CT molecular complexity index is 799. The van der Waals surface area contributed by atoms with E-state index in [1.54, 1.807) is 31.1 Å². The number of carbonyl (C=O) groups excluding carboxylic acids is 2. The lowest BCUT2D eigenvalue weighted by Crippen LogP contribution is -2.44. The molecular formula is C18H23N5O4. The number of piperidine rings is 1. The summed E-state index contributed by atoms with van der Waals surface area (Å²) in [7, 11) is 1.58. The Kier molecular flexibility index (Phi) is 5.90. The first-order chi connectivity index (χ1) is 13.0. The van der Waals surface area contributed by atoms with Crippen molar-refractivity contribution in [1.82, 2.24) is 20.4 Å². The smallest absolute Gasteiger partial charge is 0.321 e. The van der Waals surface area contributed by atoms with Gasteiger partial charge in [-0.3, -0.25) is 4.79 Å². The molecule has 0 radical (unpaired) electrons. The van der Waals surface area contributed by atoms with Gasteiger partial charge in [0.1, 0.15) is 5.75 Å². The maximum Gasteiger partial charge on any atom is 0.321 e. The molecule has 2 heterocycles. The van der Waals surface area contributed by atoms with Crippen molar-refractivity contribution < 1.29 is 18.8 Å². The molecule has 3 rings (SSSR count). The molecule has 1 aromatic heterocycles. The van der Waals surface area contributed by atoms with Gasteiger partial charge < -0.3 is 24.8 Å². The highest BCUT2D eigenvalue weighted by atomic mass is 16.5. The van der Waals surface area contributed by atoms with Gasteiger partial charge in [-0.1, -0.05) is 11.2 Å². The van der Waals surface area contributed by atoms with Crippen LogP contribution >= 0.6 is 0 Å². The molecule has 0 atom stereocenters. The number of nitrogens with zero attached hydrogens (tertiary/aromatic N) is 3. The predicted molar refractivity (Wildman–Crippen MR) is 97.2 cm³/mol. The highest BCUT2D eigenvalue weighted by molar-refractivity contribution is 5.89. The second-order valence-electron chi connectivity index (χ2n) is 6.38. The van der Waals surface area contributed by atoms with Gasteiger partial charge in [0.2, 0.25) is 11.8 Å². The number of hydrogen-bond acceptors (Lipinski definition) is 6. The highest BCUT2D eigenvalue weighted by Gasteiger charge is 2.27. The van der Waals surface area contributed by atoms with Crippen LogP contribution in [0, 0.1) is 12.8 Å². The molecule has 0 aliphatic carbocycles.